The number of aliphatic imine (C=N–C) groups is 1. The molecule has 3 atom stereocenters. The number of hydrogen-bond acceptors (Lipinski definition) is 5. The van der Waals surface area contributed by atoms with Gasteiger partial charge in [0.2, 0.25) is 5.91 Å². The van der Waals surface area contributed by atoms with Crippen molar-refractivity contribution < 1.29 is 23.9 Å². The smallest absolute Gasteiger partial charge is 0.407 e. The first-order valence-electron chi connectivity index (χ1n) is 10.7. The second kappa shape index (κ2) is 11.5. The number of alkyl carbamates (subject to hydrolysis) is 2. The van der Waals surface area contributed by atoms with Crippen molar-refractivity contribution in [2.75, 3.05) is 14.1 Å². The van der Waals surface area contributed by atoms with E-state index in [2.05, 4.69) is 15.6 Å². The first-order chi connectivity index (χ1) is 15.0. The summed E-state index contributed by atoms with van der Waals surface area (Å²) in [6, 6.07) is 8.47. The molecule has 1 aromatic rings. The lowest BCUT2D eigenvalue weighted by Gasteiger charge is -2.36. The van der Waals surface area contributed by atoms with Crippen molar-refractivity contribution in [1.29, 1.82) is 0 Å². The van der Waals surface area contributed by atoms with Crippen LogP contribution in [-0.4, -0.2) is 61.1 Å². The number of nitrogens with one attached hydrogen (secondary N) is 2. The minimum atomic E-state index is -0.665. The fourth-order valence-electron chi connectivity index (χ4n) is 3.38. The molecule has 2 N–H and O–H groups in total. The number of carbonyl (C=O) groups excluding carboxylic acids is 3. The molecule has 1 saturated carbocycles. The van der Waals surface area contributed by atoms with Crippen molar-refractivity contribution in [2.45, 2.75) is 64.3 Å². The van der Waals surface area contributed by atoms with Crippen molar-refractivity contribution in [3.05, 3.63) is 35.9 Å². The quantitative estimate of drug-likeness (QED) is 0.513. The summed E-state index contributed by atoms with van der Waals surface area (Å²) in [6.07, 6.45) is 1.66. The van der Waals surface area contributed by atoms with E-state index in [1.165, 1.54) is 6.34 Å². The monoisotopic (exact) mass is 446 g/mol. The van der Waals surface area contributed by atoms with E-state index in [0.29, 0.717) is 19.3 Å². The Morgan fingerprint density at radius 3 is 2.34 bits per heavy atom. The summed E-state index contributed by atoms with van der Waals surface area (Å²) >= 11 is 0. The van der Waals surface area contributed by atoms with E-state index in [9.17, 15) is 14.4 Å². The number of amides is 3. The van der Waals surface area contributed by atoms with Crippen LogP contribution in [0.4, 0.5) is 9.59 Å². The van der Waals surface area contributed by atoms with Crippen molar-refractivity contribution >= 4 is 24.4 Å². The predicted molar refractivity (Wildman–Crippen MR) is 121 cm³/mol. The molecule has 2 rings (SSSR count). The van der Waals surface area contributed by atoms with Crippen LogP contribution in [0, 0.1) is 5.92 Å². The molecule has 1 aromatic carbocycles. The van der Waals surface area contributed by atoms with Crippen LogP contribution >= 0.6 is 0 Å². The SMILES string of the molecule is CN(C)/C=N/C(=O)[C@H]1CC[C@H](NC(=O)OCc2ccccc2)[C@H](NC(=O)OC(C)(C)C)C1. The van der Waals surface area contributed by atoms with E-state index in [0.717, 1.165) is 5.56 Å². The third-order valence-electron chi connectivity index (χ3n) is 4.83. The number of rotatable bonds is 6. The fraction of sp³-hybridized carbons (Fsp3) is 0.565. The second-order valence-electron chi connectivity index (χ2n) is 9.12. The summed E-state index contributed by atoms with van der Waals surface area (Å²) < 4.78 is 10.7. The molecule has 32 heavy (non-hydrogen) atoms. The van der Waals surface area contributed by atoms with Crippen LogP contribution in [-0.2, 0) is 20.9 Å². The van der Waals surface area contributed by atoms with Gasteiger partial charge in [-0.1, -0.05) is 30.3 Å². The van der Waals surface area contributed by atoms with Crippen LogP contribution in [0.15, 0.2) is 35.3 Å². The van der Waals surface area contributed by atoms with Crippen molar-refractivity contribution in [1.82, 2.24) is 15.5 Å². The van der Waals surface area contributed by atoms with Crippen LogP contribution < -0.4 is 10.6 Å². The van der Waals surface area contributed by atoms with Crippen LogP contribution in [0.3, 0.4) is 0 Å². The Kier molecular flexibility index (Phi) is 9.04. The molecule has 1 fully saturated rings. The van der Waals surface area contributed by atoms with Gasteiger partial charge in [0.15, 0.2) is 0 Å². The largest absolute Gasteiger partial charge is 0.445 e. The highest BCUT2D eigenvalue weighted by Crippen LogP contribution is 2.26. The maximum absolute atomic E-state index is 12.5. The van der Waals surface area contributed by atoms with E-state index < -0.39 is 29.9 Å². The zero-order valence-corrected chi connectivity index (χ0v) is 19.5. The summed E-state index contributed by atoms with van der Waals surface area (Å²) in [4.78, 5) is 42.9. The molecule has 9 nitrogen and oxygen atoms in total. The number of benzene rings is 1. The average molecular weight is 447 g/mol. The lowest BCUT2D eigenvalue weighted by Crippen LogP contribution is -2.55. The van der Waals surface area contributed by atoms with Gasteiger partial charge in [-0.15, -0.1) is 0 Å². The lowest BCUT2D eigenvalue weighted by atomic mass is 9.82. The molecule has 0 radical (unpaired) electrons. The Morgan fingerprint density at radius 2 is 1.72 bits per heavy atom. The second-order valence-corrected chi connectivity index (χ2v) is 9.12. The van der Waals surface area contributed by atoms with Crippen molar-refractivity contribution in [3.8, 4) is 0 Å². The minimum Gasteiger partial charge on any atom is -0.445 e. The van der Waals surface area contributed by atoms with Gasteiger partial charge in [-0.2, -0.15) is 0 Å². The number of carbonyl (C=O) groups is 3. The first kappa shape index (κ1) is 25.2. The van der Waals surface area contributed by atoms with Gasteiger partial charge in [0.25, 0.3) is 0 Å². The zero-order chi connectivity index (χ0) is 23.7. The molecule has 0 heterocycles. The van der Waals surface area contributed by atoms with Gasteiger partial charge in [0, 0.05) is 20.0 Å². The van der Waals surface area contributed by atoms with Crippen molar-refractivity contribution in [2.24, 2.45) is 10.9 Å². The standard InChI is InChI=1S/C23H34N4O5/c1-23(2,3)32-22(30)26-19-13-17(20(28)24-15-27(4)5)11-12-18(19)25-21(29)31-14-16-9-7-6-8-10-16/h6-10,15,17-19H,11-14H2,1-5H3,(H,25,29)(H,26,30)/b24-15+/t17-,18-,19+/m0/s1. The third kappa shape index (κ3) is 8.95. The maximum Gasteiger partial charge on any atom is 0.407 e. The number of hydrogen-bond donors (Lipinski definition) is 2. The number of ether oxygens (including phenoxy) is 2. The molecule has 0 aromatic heterocycles. The number of nitrogens with zero attached hydrogens (tertiary/aromatic N) is 2. The van der Waals surface area contributed by atoms with Gasteiger partial charge in [-0.25, -0.2) is 14.6 Å². The molecule has 1 aliphatic rings. The summed E-state index contributed by atoms with van der Waals surface area (Å²) in [7, 11) is 3.57. The van der Waals surface area contributed by atoms with Crippen LogP contribution in [0.5, 0.6) is 0 Å². The molecule has 0 unspecified atom stereocenters. The normalized spacial score (nSPS) is 21.0. The minimum absolute atomic E-state index is 0.143. The Labute approximate surface area is 189 Å². The molecule has 3 amide bonds. The Hall–Kier alpha value is -3.10. The average Bonchev–Trinajstić information content (AvgIpc) is 2.71. The Balaban J connectivity index is 2.01. The first-order valence-corrected chi connectivity index (χ1v) is 10.7. The molecule has 0 bridgehead atoms. The zero-order valence-electron chi connectivity index (χ0n) is 19.5. The van der Waals surface area contributed by atoms with Gasteiger partial charge in [-0.05, 0) is 45.6 Å². The topological polar surface area (TPSA) is 109 Å². The third-order valence-corrected chi connectivity index (χ3v) is 4.83. The van der Waals surface area contributed by atoms with E-state index in [1.54, 1.807) is 39.8 Å². The molecule has 176 valence electrons. The molecule has 0 saturated heterocycles. The van der Waals surface area contributed by atoms with E-state index in [1.807, 2.05) is 30.3 Å². The highest BCUT2D eigenvalue weighted by Gasteiger charge is 2.36. The summed E-state index contributed by atoms with van der Waals surface area (Å²) in [6.45, 7) is 5.45. The Morgan fingerprint density at radius 1 is 1.06 bits per heavy atom. The highest BCUT2D eigenvalue weighted by atomic mass is 16.6. The highest BCUT2D eigenvalue weighted by molar-refractivity contribution is 5.86. The van der Waals surface area contributed by atoms with Gasteiger partial charge in [0.05, 0.1) is 18.4 Å². The Bertz CT molecular complexity index is 804. The molecular formula is C23H34N4O5. The molecule has 0 spiro atoms. The van der Waals surface area contributed by atoms with E-state index in [4.69, 9.17) is 9.47 Å². The van der Waals surface area contributed by atoms with E-state index >= 15 is 0 Å². The van der Waals surface area contributed by atoms with Gasteiger partial charge < -0.3 is 25.0 Å². The molecular weight excluding hydrogens is 412 g/mol. The van der Waals surface area contributed by atoms with Crippen molar-refractivity contribution in [3.63, 3.8) is 0 Å². The maximum atomic E-state index is 12.5. The van der Waals surface area contributed by atoms with E-state index in [-0.39, 0.29) is 18.4 Å². The molecule has 1 aliphatic carbocycles. The molecule has 0 aliphatic heterocycles. The van der Waals surface area contributed by atoms with Crippen LogP contribution in [0.2, 0.25) is 0 Å². The summed E-state index contributed by atoms with van der Waals surface area (Å²) in [5, 5.41) is 5.64. The fourth-order valence-corrected chi connectivity index (χ4v) is 3.38. The summed E-state index contributed by atoms with van der Waals surface area (Å²) in [5.74, 6) is -0.607. The van der Waals surface area contributed by atoms with Gasteiger partial charge >= 0.3 is 12.2 Å². The van der Waals surface area contributed by atoms with Gasteiger partial charge in [0.1, 0.15) is 12.2 Å². The predicted octanol–water partition coefficient (Wildman–Crippen LogP) is 3.09. The summed E-state index contributed by atoms with van der Waals surface area (Å²) in [5.41, 5.74) is 0.209. The van der Waals surface area contributed by atoms with Crippen LogP contribution in [0.25, 0.3) is 0 Å². The van der Waals surface area contributed by atoms with Crippen LogP contribution in [0.1, 0.15) is 45.6 Å². The lowest BCUT2D eigenvalue weighted by molar-refractivity contribution is -0.122. The molecule has 9 heteroatoms. The van der Waals surface area contributed by atoms with Gasteiger partial charge in [-0.3, -0.25) is 4.79 Å².